The number of rotatable bonds is 0. The molecular weight excluding hydrogens is 177 g/mol. The van der Waals surface area contributed by atoms with Crippen LogP contribution in [-0.4, -0.2) is 5.11 Å². The number of hydrogen-bond donors (Lipinski definition) is 1. The van der Waals surface area contributed by atoms with Gasteiger partial charge in [0.2, 0.25) is 0 Å². The van der Waals surface area contributed by atoms with Gasteiger partial charge >= 0.3 is 19.5 Å². The van der Waals surface area contributed by atoms with Crippen molar-refractivity contribution in [1.29, 1.82) is 0 Å². The summed E-state index contributed by atoms with van der Waals surface area (Å²) in [5.74, 6) is 0.273. The fourth-order valence-corrected chi connectivity index (χ4v) is 0.393. The van der Waals surface area contributed by atoms with E-state index in [1.54, 1.807) is 6.08 Å². The molecule has 1 N–H and O–H groups in total. The summed E-state index contributed by atoms with van der Waals surface area (Å²) in [6.07, 6.45) is 6.95. The van der Waals surface area contributed by atoms with Crippen molar-refractivity contribution in [3.8, 4) is 0 Å². The number of allylic oxidation sites excluding steroid dienone is 3. The van der Waals surface area contributed by atoms with Crippen LogP contribution >= 0.6 is 0 Å². The zero-order chi connectivity index (χ0) is 4.41. The van der Waals surface area contributed by atoms with E-state index in [1.807, 2.05) is 6.08 Å². The van der Waals surface area contributed by atoms with Crippen molar-refractivity contribution in [2.45, 2.75) is 6.42 Å². The molecule has 39 valence electrons. The van der Waals surface area contributed by atoms with Gasteiger partial charge in [-0.05, 0) is 0 Å². The maximum Gasteiger partial charge on any atom is 1.00 e. The molecule has 0 aromatic rings. The van der Waals surface area contributed by atoms with E-state index in [2.05, 4.69) is 6.08 Å². The fourth-order valence-electron chi connectivity index (χ4n) is 0.393. The van der Waals surface area contributed by atoms with Crippen LogP contribution in [0.25, 0.3) is 0 Å². The summed E-state index contributed by atoms with van der Waals surface area (Å²) < 4.78 is 0. The first kappa shape index (κ1) is 6.90. The molecule has 0 aliphatic heterocycles. The standard InChI is InChI=1S/C5H5O.Ru/c6-5-3-1-2-4-5;/h1,3,6H,2H2;/q-1;+1. The molecule has 0 aromatic heterocycles. The third kappa shape index (κ3) is 1.89. The van der Waals surface area contributed by atoms with E-state index in [1.165, 1.54) is 0 Å². The Morgan fingerprint density at radius 1 is 1.71 bits per heavy atom. The Kier molecular flexibility index (Phi) is 2.94. The molecule has 0 amide bonds. The van der Waals surface area contributed by atoms with Gasteiger partial charge in [-0.2, -0.15) is 12.2 Å². The fraction of sp³-hybridized carbons (Fsp3) is 0.200. The van der Waals surface area contributed by atoms with Crippen molar-refractivity contribution in [3.63, 3.8) is 0 Å². The Morgan fingerprint density at radius 3 is 2.57 bits per heavy atom. The smallest absolute Gasteiger partial charge is 0.546 e. The van der Waals surface area contributed by atoms with Crippen LogP contribution in [0.2, 0.25) is 0 Å². The maximum absolute atomic E-state index is 8.45. The van der Waals surface area contributed by atoms with E-state index < -0.39 is 0 Å². The Labute approximate surface area is 55.5 Å². The van der Waals surface area contributed by atoms with Gasteiger partial charge < -0.3 is 5.11 Å². The molecule has 0 atom stereocenters. The molecule has 2 heteroatoms. The van der Waals surface area contributed by atoms with E-state index in [0.29, 0.717) is 0 Å². The SMILES string of the molecule is OC1=[C-]CC=C1.[Ru+]. The molecule has 0 spiro atoms. The quantitative estimate of drug-likeness (QED) is 0.440. The molecule has 0 heterocycles. The number of aliphatic hydroxyl groups excluding tert-OH is 1. The van der Waals surface area contributed by atoms with E-state index in [-0.39, 0.29) is 25.2 Å². The predicted octanol–water partition coefficient (Wildman–Crippen LogP) is 1.19. The van der Waals surface area contributed by atoms with Crippen LogP contribution in [0.5, 0.6) is 0 Å². The van der Waals surface area contributed by atoms with Crippen molar-refractivity contribution in [3.05, 3.63) is 24.0 Å². The minimum absolute atomic E-state index is 0. The molecule has 7 heavy (non-hydrogen) atoms. The van der Waals surface area contributed by atoms with Gasteiger partial charge in [-0.15, -0.1) is 6.42 Å². The largest absolute Gasteiger partial charge is 1.00 e. The molecule has 0 fully saturated rings. The first-order chi connectivity index (χ1) is 2.89. The molecule has 1 radical (unpaired) electrons. The molecule has 1 nitrogen and oxygen atoms in total. The van der Waals surface area contributed by atoms with Crippen LogP contribution in [-0.2, 0) is 19.5 Å². The second-order valence-electron chi connectivity index (χ2n) is 1.17. The molecule has 1 aliphatic rings. The Bertz CT molecular complexity index is 102. The molecule has 1 aliphatic carbocycles. The average molecular weight is 182 g/mol. The second-order valence-corrected chi connectivity index (χ2v) is 1.17. The molecule has 0 bridgehead atoms. The van der Waals surface area contributed by atoms with Crippen LogP contribution in [0.4, 0.5) is 0 Å². The van der Waals surface area contributed by atoms with Crippen LogP contribution in [0.3, 0.4) is 0 Å². The van der Waals surface area contributed by atoms with Crippen LogP contribution < -0.4 is 0 Å². The summed E-state index contributed by atoms with van der Waals surface area (Å²) in [6, 6.07) is 0. The molecule has 0 saturated carbocycles. The summed E-state index contributed by atoms with van der Waals surface area (Å²) >= 11 is 0. The summed E-state index contributed by atoms with van der Waals surface area (Å²) in [4.78, 5) is 0. The number of aliphatic hydroxyl groups is 1. The van der Waals surface area contributed by atoms with E-state index >= 15 is 0 Å². The van der Waals surface area contributed by atoms with Gasteiger partial charge in [0.25, 0.3) is 0 Å². The first-order valence-corrected chi connectivity index (χ1v) is 1.86. The maximum atomic E-state index is 8.45. The Morgan fingerprint density at radius 2 is 2.43 bits per heavy atom. The molecule has 0 unspecified atom stereocenters. The van der Waals surface area contributed by atoms with Gasteiger partial charge in [0.15, 0.2) is 0 Å². The van der Waals surface area contributed by atoms with Gasteiger partial charge in [-0.3, -0.25) is 0 Å². The van der Waals surface area contributed by atoms with Crippen molar-refractivity contribution >= 4 is 0 Å². The van der Waals surface area contributed by atoms with Gasteiger partial charge in [0.1, 0.15) is 0 Å². The monoisotopic (exact) mass is 183 g/mol. The second kappa shape index (κ2) is 2.98. The zero-order valence-electron chi connectivity index (χ0n) is 3.66. The van der Waals surface area contributed by atoms with Gasteiger partial charge in [0.05, 0.1) is 0 Å². The average Bonchev–Trinajstić information content (AvgIpc) is 1.86. The van der Waals surface area contributed by atoms with E-state index in [4.69, 9.17) is 5.11 Å². The van der Waals surface area contributed by atoms with Gasteiger partial charge in [-0.1, -0.05) is 5.76 Å². The van der Waals surface area contributed by atoms with Crippen LogP contribution in [0.15, 0.2) is 17.9 Å². The molecular formula is C5H5ORu. The van der Waals surface area contributed by atoms with Gasteiger partial charge in [-0.25, -0.2) is 6.08 Å². The molecule has 1 rings (SSSR count). The summed E-state index contributed by atoms with van der Waals surface area (Å²) in [6.45, 7) is 0. The zero-order valence-corrected chi connectivity index (χ0v) is 5.40. The molecule has 0 aromatic carbocycles. The van der Waals surface area contributed by atoms with Gasteiger partial charge in [0, 0.05) is 0 Å². The third-order valence-corrected chi connectivity index (χ3v) is 0.677. The van der Waals surface area contributed by atoms with E-state index in [9.17, 15) is 0 Å². The third-order valence-electron chi connectivity index (χ3n) is 0.677. The Balaban J connectivity index is 0.000000360. The summed E-state index contributed by atoms with van der Waals surface area (Å²) in [5.41, 5.74) is 0. The summed E-state index contributed by atoms with van der Waals surface area (Å²) in [5, 5.41) is 8.45. The topological polar surface area (TPSA) is 20.2 Å². The number of hydrogen-bond acceptors (Lipinski definition) is 1. The first-order valence-electron chi connectivity index (χ1n) is 1.86. The van der Waals surface area contributed by atoms with E-state index in [0.717, 1.165) is 6.42 Å². The van der Waals surface area contributed by atoms with Crippen molar-refractivity contribution in [1.82, 2.24) is 0 Å². The van der Waals surface area contributed by atoms with Crippen LogP contribution in [0.1, 0.15) is 6.42 Å². The van der Waals surface area contributed by atoms with Crippen LogP contribution in [0, 0.1) is 6.08 Å². The minimum atomic E-state index is 0. The summed E-state index contributed by atoms with van der Waals surface area (Å²) in [7, 11) is 0. The van der Waals surface area contributed by atoms with Crippen molar-refractivity contribution < 1.29 is 24.6 Å². The van der Waals surface area contributed by atoms with Crippen molar-refractivity contribution in [2.75, 3.05) is 0 Å². The van der Waals surface area contributed by atoms with Crippen molar-refractivity contribution in [2.24, 2.45) is 0 Å². The Hall–Kier alpha value is -0.0966. The minimum Gasteiger partial charge on any atom is -0.546 e. The normalized spacial score (nSPS) is 15.7. The predicted molar refractivity (Wildman–Crippen MR) is 23.1 cm³/mol. The molecule has 0 saturated heterocycles.